The van der Waals surface area contributed by atoms with Crippen LogP contribution in [0.5, 0.6) is 5.75 Å². The Kier molecular flexibility index (Phi) is 5.54. The number of anilines is 1. The second kappa shape index (κ2) is 8.58. The summed E-state index contributed by atoms with van der Waals surface area (Å²) < 4.78 is 12.7. The Bertz CT molecular complexity index is 1120. The number of ether oxygens (including phenoxy) is 2. The zero-order valence-corrected chi connectivity index (χ0v) is 16.0. The zero-order valence-electron chi connectivity index (χ0n) is 16.0. The molecule has 6 nitrogen and oxygen atoms in total. The molecule has 0 saturated carbocycles. The smallest absolute Gasteiger partial charge is 0.251 e. The molecule has 6 heteroatoms. The standard InChI is InChI=1S/C23H21N3O3/c1-28-19-11-7-10-18(14-19)22-23(26-13-6-5-12-20(26)24-22)25-21(27)16-29-15-17-8-3-2-4-9-17/h2-14H,15-16H2,1H3,(H,25,27). The first-order chi connectivity index (χ1) is 14.2. The Balaban J connectivity index is 1.56. The van der Waals surface area contributed by atoms with Crippen molar-refractivity contribution in [3.63, 3.8) is 0 Å². The summed E-state index contributed by atoms with van der Waals surface area (Å²) in [6, 6.07) is 23.0. The monoisotopic (exact) mass is 387 g/mol. The Morgan fingerprint density at radius 1 is 1.03 bits per heavy atom. The predicted molar refractivity (Wildman–Crippen MR) is 112 cm³/mol. The predicted octanol–water partition coefficient (Wildman–Crippen LogP) is 4.17. The molecule has 0 radical (unpaired) electrons. The largest absolute Gasteiger partial charge is 0.497 e. The Labute approximate surface area is 168 Å². The Morgan fingerprint density at radius 3 is 2.69 bits per heavy atom. The lowest BCUT2D eigenvalue weighted by Gasteiger charge is -2.09. The number of nitrogens with zero attached hydrogens (tertiary/aromatic N) is 2. The van der Waals surface area contributed by atoms with Crippen molar-refractivity contribution in [2.75, 3.05) is 19.0 Å². The van der Waals surface area contributed by atoms with Crippen molar-refractivity contribution in [2.24, 2.45) is 0 Å². The summed E-state index contributed by atoms with van der Waals surface area (Å²) >= 11 is 0. The van der Waals surface area contributed by atoms with E-state index in [0.29, 0.717) is 18.1 Å². The summed E-state index contributed by atoms with van der Waals surface area (Å²) in [4.78, 5) is 17.2. The van der Waals surface area contributed by atoms with E-state index in [2.05, 4.69) is 5.32 Å². The fourth-order valence-corrected chi connectivity index (χ4v) is 3.09. The van der Waals surface area contributed by atoms with Crippen molar-refractivity contribution in [1.82, 2.24) is 9.38 Å². The molecule has 0 bridgehead atoms. The topological polar surface area (TPSA) is 64.9 Å². The maximum absolute atomic E-state index is 12.5. The van der Waals surface area contributed by atoms with E-state index >= 15 is 0 Å². The van der Waals surface area contributed by atoms with Crippen LogP contribution in [0, 0.1) is 0 Å². The van der Waals surface area contributed by atoms with Crippen LogP contribution in [-0.4, -0.2) is 29.0 Å². The van der Waals surface area contributed by atoms with Gasteiger partial charge in [0.2, 0.25) is 0 Å². The van der Waals surface area contributed by atoms with Crippen LogP contribution in [0.25, 0.3) is 16.9 Å². The zero-order chi connectivity index (χ0) is 20.1. The number of carbonyl (C=O) groups is 1. The molecule has 2 aromatic heterocycles. The number of aromatic nitrogens is 2. The average molecular weight is 387 g/mol. The van der Waals surface area contributed by atoms with Crippen molar-refractivity contribution in [3.8, 4) is 17.0 Å². The number of carbonyl (C=O) groups excluding carboxylic acids is 1. The van der Waals surface area contributed by atoms with Crippen LogP contribution in [0.15, 0.2) is 79.0 Å². The highest BCUT2D eigenvalue weighted by Gasteiger charge is 2.17. The molecule has 0 unspecified atom stereocenters. The van der Waals surface area contributed by atoms with Gasteiger partial charge in [-0.05, 0) is 29.8 Å². The van der Waals surface area contributed by atoms with Gasteiger partial charge in [-0.2, -0.15) is 0 Å². The van der Waals surface area contributed by atoms with E-state index in [-0.39, 0.29) is 12.5 Å². The molecule has 0 atom stereocenters. The Hall–Kier alpha value is -3.64. The van der Waals surface area contributed by atoms with Crippen molar-refractivity contribution >= 4 is 17.4 Å². The second-order valence-corrected chi connectivity index (χ2v) is 6.50. The van der Waals surface area contributed by atoms with Crippen molar-refractivity contribution in [3.05, 3.63) is 84.6 Å². The molecule has 1 amide bonds. The molecule has 0 saturated heterocycles. The van der Waals surface area contributed by atoms with Gasteiger partial charge in [0, 0.05) is 11.8 Å². The number of nitrogens with one attached hydrogen (secondary N) is 1. The van der Waals surface area contributed by atoms with E-state index in [1.54, 1.807) is 7.11 Å². The molecule has 146 valence electrons. The number of rotatable bonds is 7. The lowest BCUT2D eigenvalue weighted by atomic mass is 10.1. The van der Waals surface area contributed by atoms with Crippen molar-refractivity contribution in [1.29, 1.82) is 0 Å². The highest BCUT2D eigenvalue weighted by Crippen LogP contribution is 2.30. The van der Waals surface area contributed by atoms with E-state index in [1.807, 2.05) is 83.4 Å². The third kappa shape index (κ3) is 4.28. The van der Waals surface area contributed by atoms with Crippen LogP contribution in [-0.2, 0) is 16.1 Å². The van der Waals surface area contributed by atoms with E-state index in [0.717, 1.165) is 22.5 Å². The van der Waals surface area contributed by atoms with Crippen molar-refractivity contribution in [2.45, 2.75) is 6.61 Å². The number of imidazole rings is 1. The van der Waals surface area contributed by atoms with Gasteiger partial charge in [0.25, 0.3) is 5.91 Å². The van der Waals surface area contributed by atoms with Gasteiger partial charge >= 0.3 is 0 Å². The minimum absolute atomic E-state index is 0.0491. The van der Waals surface area contributed by atoms with E-state index in [1.165, 1.54) is 0 Å². The summed E-state index contributed by atoms with van der Waals surface area (Å²) in [5, 5.41) is 2.95. The van der Waals surface area contributed by atoms with Crippen LogP contribution in [0.4, 0.5) is 5.82 Å². The van der Waals surface area contributed by atoms with Crippen LogP contribution in [0.2, 0.25) is 0 Å². The summed E-state index contributed by atoms with van der Waals surface area (Å²) in [6.45, 7) is 0.330. The molecule has 0 aliphatic carbocycles. The lowest BCUT2D eigenvalue weighted by Crippen LogP contribution is -2.19. The first-order valence-electron chi connectivity index (χ1n) is 9.27. The number of benzene rings is 2. The maximum atomic E-state index is 12.5. The number of pyridine rings is 1. The van der Waals surface area contributed by atoms with E-state index in [9.17, 15) is 4.79 Å². The molecule has 2 heterocycles. The highest BCUT2D eigenvalue weighted by molar-refractivity contribution is 5.95. The SMILES string of the molecule is COc1cccc(-c2nc3ccccn3c2NC(=O)COCc2ccccc2)c1. The van der Waals surface area contributed by atoms with Crippen LogP contribution in [0.3, 0.4) is 0 Å². The van der Waals surface area contributed by atoms with Crippen LogP contribution < -0.4 is 10.1 Å². The lowest BCUT2D eigenvalue weighted by molar-refractivity contribution is -0.121. The van der Waals surface area contributed by atoms with Gasteiger partial charge in [-0.25, -0.2) is 4.98 Å². The quantitative estimate of drug-likeness (QED) is 0.517. The number of methoxy groups -OCH3 is 1. The molecule has 0 spiro atoms. The third-order valence-corrected chi connectivity index (χ3v) is 4.48. The van der Waals surface area contributed by atoms with Gasteiger partial charge in [0.05, 0.1) is 13.7 Å². The Morgan fingerprint density at radius 2 is 1.86 bits per heavy atom. The highest BCUT2D eigenvalue weighted by atomic mass is 16.5. The minimum atomic E-state index is -0.240. The molecule has 0 fully saturated rings. The summed E-state index contributed by atoms with van der Waals surface area (Å²) in [7, 11) is 1.62. The van der Waals surface area contributed by atoms with E-state index < -0.39 is 0 Å². The summed E-state index contributed by atoms with van der Waals surface area (Å²) in [5.41, 5.74) is 3.29. The average Bonchev–Trinajstić information content (AvgIpc) is 3.13. The fourth-order valence-electron chi connectivity index (χ4n) is 3.09. The normalized spacial score (nSPS) is 10.8. The number of hydrogen-bond donors (Lipinski definition) is 1. The van der Waals surface area contributed by atoms with Gasteiger partial charge in [0.1, 0.15) is 29.5 Å². The summed E-state index contributed by atoms with van der Waals surface area (Å²) in [6.07, 6.45) is 1.87. The number of fused-ring (bicyclic) bond motifs is 1. The number of hydrogen-bond acceptors (Lipinski definition) is 4. The molecule has 0 aliphatic rings. The maximum Gasteiger partial charge on any atom is 0.251 e. The number of amides is 1. The second-order valence-electron chi connectivity index (χ2n) is 6.50. The van der Waals surface area contributed by atoms with Crippen LogP contribution >= 0.6 is 0 Å². The van der Waals surface area contributed by atoms with Crippen molar-refractivity contribution < 1.29 is 14.3 Å². The van der Waals surface area contributed by atoms with Gasteiger partial charge < -0.3 is 14.8 Å². The van der Waals surface area contributed by atoms with Gasteiger partial charge in [-0.15, -0.1) is 0 Å². The van der Waals surface area contributed by atoms with Gasteiger partial charge in [-0.3, -0.25) is 9.20 Å². The molecule has 0 aliphatic heterocycles. The van der Waals surface area contributed by atoms with Crippen LogP contribution in [0.1, 0.15) is 5.56 Å². The molecular weight excluding hydrogens is 366 g/mol. The summed E-state index contributed by atoms with van der Waals surface area (Å²) in [5.74, 6) is 1.08. The molecule has 1 N–H and O–H groups in total. The first kappa shape index (κ1) is 18.7. The third-order valence-electron chi connectivity index (χ3n) is 4.48. The van der Waals surface area contributed by atoms with Gasteiger partial charge in [-0.1, -0.05) is 48.5 Å². The molecule has 2 aromatic carbocycles. The van der Waals surface area contributed by atoms with Gasteiger partial charge in [0.15, 0.2) is 0 Å². The first-order valence-corrected chi connectivity index (χ1v) is 9.27. The van der Waals surface area contributed by atoms with E-state index in [4.69, 9.17) is 14.5 Å². The molecule has 29 heavy (non-hydrogen) atoms. The molecule has 4 rings (SSSR count). The molecule has 4 aromatic rings. The fraction of sp³-hybridized carbons (Fsp3) is 0.130. The molecular formula is C23H21N3O3. The minimum Gasteiger partial charge on any atom is -0.497 e.